The Bertz CT molecular complexity index is 3370. The summed E-state index contributed by atoms with van der Waals surface area (Å²) in [4.78, 5) is 5.23. The summed E-state index contributed by atoms with van der Waals surface area (Å²) in [5.41, 5.74) is 15.0. The lowest BCUT2D eigenvalue weighted by Crippen LogP contribution is -2.19. The van der Waals surface area contributed by atoms with Gasteiger partial charge >= 0.3 is 0 Å². The van der Waals surface area contributed by atoms with Crippen LogP contribution in [0.3, 0.4) is 0 Å². The van der Waals surface area contributed by atoms with E-state index >= 15 is 0 Å². The van der Waals surface area contributed by atoms with Crippen LogP contribution in [0.2, 0.25) is 0 Å². The third-order valence-electron chi connectivity index (χ3n) is 15.5. The first-order valence-corrected chi connectivity index (χ1v) is 26.6. The molecule has 0 atom stereocenters. The van der Waals surface area contributed by atoms with Gasteiger partial charge in [-0.1, -0.05) is 220 Å². The van der Waals surface area contributed by atoms with Crippen molar-refractivity contribution in [2.45, 2.75) is 144 Å². The molecule has 0 saturated heterocycles. The van der Waals surface area contributed by atoms with Gasteiger partial charge in [0.2, 0.25) is 0 Å². The molecule has 10 aromatic carbocycles. The largest absolute Gasteiger partial charge is 0.309 e. The molecule has 10 rings (SSSR count). The van der Waals surface area contributed by atoms with E-state index in [4.69, 9.17) is 0 Å². The van der Waals surface area contributed by atoms with E-state index in [1.54, 1.807) is 0 Å². The highest BCUT2D eigenvalue weighted by atomic mass is 15.2. The van der Waals surface area contributed by atoms with E-state index in [9.17, 15) is 0 Å². The predicted octanol–water partition coefficient (Wildman–Crippen LogP) is 21.3. The van der Waals surface area contributed by atoms with Crippen molar-refractivity contribution in [3.63, 3.8) is 0 Å². The van der Waals surface area contributed by atoms with E-state index in [1.807, 2.05) is 0 Å². The molecule has 0 saturated carbocycles. The van der Waals surface area contributed by atoms with Crippen molar-refractivity contribution in [1.82, 2.24) is 0 Å². The minimum absolute atomic E-state index is 0.0637. The molecule has 2 heteroatoms. The molecule has 0 bridgehead atoms. The number of nitrogens with zero attached hydrogens (tertiary/aromatic N) is 2. The molecule has 0 aliphatic heterocycles. The lowest BCUT2D eigenvalue weighted by molar-refractivity contribution is 0.568. The van der Waals surface area contributed by atoms with Crippen LogP contribution in [0.15, 0.2) is 158 Å². The number of hydrogen-bond acceptors (Lipinski definition) is 2. The minimum atomic E-state index is -0.0637. The Balaban J connectivity index is 1.38. The first kappa shape index (κ1) is 49.0. The second-order valence-electron chi connectivity index (χ2n) is 25.6. The molecule has 72 heavy (non-hydrogen) atoms. The highest BCUT2D eigenvalue weighted by molar-refractivity contribution is 6.30. The van der Waals surface area contributed by atoms with Crippen LogP contribution in [0.25, 0.3) is 53.9 Å². The molecule has 0 aliphatic rings. The maximum Gasteiger partial charge on any atom is 0.0543 e. The molecular weight excluding hydrogens is 869 g/mol. The van der Waals surface area contributed by atoms with Gasteiger partial charge in [0.1, 0.15) is 0 Å². The molecule has 0 heterocycles. The Hall–Kier alpha value is -6.64. The van der Waals surface area contributed by atoms with Crippen molar-refractivity contribution in [2.24, 2.45) is 0 Å². The third kappa shape index (κ3) is 8.59. The van der Waals surface area contributed by atoms with Crippen molar-refractivity contribution < 1.29 is 0 Å². The van der Waals surface area contributed by atoms with E-state index in [2.05, 4.69) is 278 Å². The number of fused-ring (bicyclic) bond motifs is 2. The van der Waals surface area contributed by atoms with Gasteiger partial charge in [0.15, 0.2) is 0 Å². The van der Waals surface area contributed by atoms with Gasteiger partial charge < -0.3 is 9.80 Å². The predicted molar refractivity (Wildman–Crippen MR) is 318 cm³/mol. The fourth-order valence-electron chi connectivity index (χ4n) is 11.2. The fraction of sp³-hybridized carbons (Fsp3) is 0.314. The molecule has 0 fully saturated rings. The summed E-state index contributed by atoms with van der Waals surface area (Å²) in [6.07, 6.45) is 0. The average molecular weight is 945 g/mol. The van der Waals surface area contributed by atoms with Crippen molar-refractivity contribution >= 4 is 88.0 Å². The second kappa shape index (κ2) is 17.5. The molecule has 0 aliphatic carbocycles. The maximum atomic E-state index is 2.61. The van der Waals surface area contributed by atoms with Crippen LogP contribution in [-0.2, 0) is 21.7 Å². The van der Waals surface area contributed by atoms with Gasteiger partial charge in [0.05, 0.1) is 22.7 Å². The lowest BCUT2D eigenvalue weighted by Gasteiger charge is -2.34. The third-order valence-corrected chi connectivity index (χ3v) is 15.5. The van der Waals surface area contributed by atoms with Crippen LogP contribution >= 0.6 is 0 Å². The van der Waals surface area contributed by atoms with Gasteiger partial charge in [0.25, 0.3) is 0 Å². The summed E-state index contributed by atoms with van der Waals surface area (Å²) in [6, 6.07) is 61.2. The molecule has 0 radical (unpaired) electrons. The van der Waals surface area contributed by atoms with Crippen LogP contribution in [0.1, 0.15) is 156 Å². The smallest absolute Gasteiger partial charge is 0.0543 e. The molecule has 0 aromatic heterocycles. The molecule has 366 valence electrons. The number of hydrogen-bond donors (Lipinski definition) is 0. The average Bonchev–Trinajstić information content (AvgIpc) is 3.32. The van der Waals surface area contributed by atoms with Gasteiger partial charge in [-0.2, -0.15) is 0 Å². The van der Waals surface area contributed by atoms with E-state index < -0.39 is 0 Å². The molecule has 10 aromatic rings. The van der Waals surface area contributed by atoms with Crippen molar-refractivity contribution in [3.8, 4) is 0 Å². The zero-order chi connectivity index (χ0) is 51.4. The minimum Gasteiger partial charge on any atom is -0.309 e. The normalized spacial score (nSPS) is 13.0. The quantitative estimate of drug-likeness (QED) is 0.140. The maximum absolute atomic E-state index is 2.61. The zero-order valence-corrected chi connectivity index (χ0v) is 46.1. The van der Waals surface area contributed by atoms with Crippen LogP contribution in [0.5, 0.6) is 0 Å². The van der Waals surface area contributed by atoms with Gasteiger partial charge in [-0.3, -0.25) is 0 Å². The van der Waals surface area contributed by atoms with Gasteiger partial charge in [-0.25, -0.2) is 0 Å². The highest BCUT2D eigenvalue weighted by Crippen LogP contribution is 2.53. The summed E-state index contributed by atoms with van der Waals surface area (Å²) in [6.45, 7) is 37.7. The lowest BCUT2D eigenvalue weighted by atomic mass is 9.80. The van der Waals surface area contributed by atoms with Crippen LogP contribution < -0.4 is 9.80 Å². The molecule has 0 amide bonds. The topological polar surface area (TPSA) is 6.48 Å². The van der Waals surface area contributed by atoms with Gasteiger partial charge in [-0.05, 0) is 148 Å². The van der Waals surface area contributed by atoms with Crippen molar-refractivity contribution in [1.29, 1.82) is 0 Å². The summed E-state index contributed by atoms with van der Waals surface area (Å²) >= 11 is 0. The van der Waals surface area contributed by atoms with Crippen LogP contribution in [0, 0.1) is 0 Å². The molecule has 0 N–H and O–H groups in total. The zero-order valence-electron chi connectivity index (χ0n) is 46.1. The molecule has 2 nitrogen and oxygen atoms in total. The molecule has 0 spiro atoms. The molecule has 0 unspecified atom stereocenters. The van der Waals surface area contributed by atoms with Crippen molar-refractivity contribution in [3.05, 3.63) is 191 Å². The number of benzene rings is 10. The van der Waals surface area contributed by atoms with E-state index in [-0.39, 0.29) is 33.5 Å². The Labute approximate surface area is 431 Å². The number of rotatable bonds is 8. The first-order valence-electron chi connectivity index (χ1n) is 26.6. The Kier molecular flexibility index (Phi) is 11.9. The van der Waals surface area contributed by atoms with E-state index in [0.717, 1.165) is 0 Å². The van der Waals surface area contributed by atoms with Crippen LogP contribution in [0.4, 0.5) is 34.1 Å². The summed E-state index contributed by atoms with van der Waals surface area (Å²) in [5, 5.41) is 12.8. The fourth-order valence-corrected chi connectivity index (χ4v) is 11.2. The standard InChI is InChI=1S/C70H76N2/c1-43(2)59-41-63(71(61-29-21-25-45-23-17-19-27-53(45)61)51-37-47(67(5,6)7)35-48(38-51)68(8,9)10)57-34-32-56-60(44(3)4)42-64(58-33-31-55(59)65(57)66(56)58)72(62-30-22-26-46-24-18-20-28-54(46)62)52-39-49(69(11,12)13)36-50(40-52)70(14,15)16/h17-44H,1-16H3. The summed E-state index contributed by atoms with van der Waals surface area (Å²) in [7, 11) is 0. The van der Waals surface area contributed by atoms with Crippen molar-refractivity contribution in [2.75, 3.05) is 9.80 Å². The number of anilines is 6. The monoisotopic (exact) mass is 945 g/mol. The molecular formula is C70H76N2. The van der Waals surface area contributed by atoms with Gasteiger partial charge in [-0.15, -0.1) is 0 Å². The van der Waals surface area contributed by atoms with E-state index in [1.165, 1.54) is 121 Å². The van der Waals surface area contributed by atoms with E-state index in [0.29, 0.717) is 0 Å². The SMILES string of the molecule is CC(C)c1cc(N(c2cc(C(C)(C)C)cc(C(C)(C)C)c2)c2cccc3ccccc23)c2ccc3c(C(C)C)cc(N(c4cc(C(C)(C)C)cc(C(C)(C)C)c4)c4cccc5ccccc45)c4ccc1c2c34. The second-order valence-corrected chi connectivity index (χ2v) is 25.6. The Morgan fingerprint density at radius 2 is 0.597 bits per heavy atom. The highest BCUT2D eigenvalue weighted by Gasteiger charge is 2.30. The van der Waals surface area contributed by atoms with Gasteiger partial charge in [0, 0.05) is 32.9 Å². The summed E-state index contributed by atoms with van der Waals surface area (Å²) in [5.74, 6) is 0.529. The summed E-state index contributed by atoms with van der Waals surface area (Å²) < 4.78 is 0. The Morgan fingerprint density at radius 3 is 0.917 bits per heavy atom. The first-order chi connectivity index (χ1) is 33.9. The van der Waals surface area contributed by atoms with Crippen LogP contribution in [-0.4, -0.2) is 0 Å². The Morgan fingerprint density at radius 1 is 0.292 bits per heavy atom.